The summed E-state index contributed by atoms with van der Waals surface area (Å²) in [5, 5.41) is 13.2. The summed E-state index contributed by atoms with van der Waals surface area (Å²) in [6.07, 6.45) is -1.75. The monoisotopic (exact) mass is 498 g/mol. The molecule has 0 bridgehead atoms. The molecule has 1 aromatic carbocycles. The molecule has 2 aliphatic rings. The van der Waals surface area contributed by atoms with E-state index in [1.54, 1.807) is 18.2 Å². The van der Waals surface area contributed by atoms with Crippen molar-refractivity contribution >= 4 is 25.3 Å². The molecule has 4 rings (SSSR count). The predicted molar refractivity (Wildman–Crippen MR) is 117 cm³/mol. The number of ether oxygens (including phenoxy) is 3. The highest BCUT2D eigenvalue weighted by Crippen LogP contribution is 2.45. The smallest absolute Gasteiger partial charge is 0.469 e. The zero-order chi connectivity index (χ0) is 24.5. The molecule has 2 aliphatic heterocycles. The van der Waals surface area contributed by atoms with E-state index in [2.05, 4.69) is 19.8 Å². The normalized spacial score (nSPS) is 21.1. The van der Waals surface area contributed by atoms with E-state index in [9.17, 15) is 14.5 Å². The number of nitrogens with two attached hydrogens (primary N) is 2. The number of guanidine groups is 1. The number of aliphatic hydroxyl groups is 1. The summed E-state index contributed by atoms with van der Waals surface area (Å²) >= 11 is 0. The number of hydrogen-bond acceptors (Lipinski definition) is 10. The molecule has 2 aromatic rings. The Bertz CT molecular complexity index is 1190. The molecular formula is C18H23N6O9P. The Kier molecular flexibility index (Phi) is 6.74. The molecule has 3 unspecified atom stereocenters. The number of hydrogen-bond donors (Lipinski definition) is 6. The van der Waals surface area contributed by atoms with Crippen molar-refractivity contribution in [2.75, 3.05) is 25.1 Å². The maximum Gasteiger partial charge on any atom is 0.469 e. The van der Waals surface area contributed by atoms with Gasteiger partial charge in [0.05, 0.1) is 25.5 Å². The van der Waals surface area contributed by atoms with E-state index >= 15 is 0 Å². The molecule has 8 N–H and O–H groups in total. The highest BCUT2D eigenvalue weighted by Gasteiger charge is 2.37. The second-order valence-corrected chi connectivity index (χ2v) is 8.61. The number of nitrogens with zero attached hydrogens (tertiary/aromatic N) is 3. The molecule has 3 heterocycles. The van der Waals surface area contributed by atoms with Crippen LogP contribution in [0.25, 0.3) is 0 Å². The molecule has 0 amide bonds. The van der Waals surface area contributed by atoms with Gasteiger partial charge in [-0.1, -0.05) is 6.07 Å². The highest BCUT2D eigenvalue weighted by atomic mass is 31.2. The second kappa shape index (κ2) is 9.58. The van der Waals surface area contributed by atoms with Crippen molar-refractivity contribution in [3.05, 3.63) is 34.9 Å². The fourth-order valence-electron chi connectivity index (χ4n) is 3.43. The molecule has 16 heteroatoms. The zero-order valence-corrected chi connectivity index (χ0v) is 18.5. The van der Waals surface area contributed by atoms with Gasteiger partial charge in [-0.3, -0.25) is 14.1 Å². The lowest BCUT2D eigenvalue weighted by molar-refractivity contribution is -0.0451. The maximum atomic E-state index is 12.6. The van der Waals surface area contributed by atoms with Gasteiger partial charge in [0.15, 0.2) is 23.3 Å². The van der Waals surface area contributed by atoms with Crippen LogP contribution in [0.5, 0.6) is 17.2 Å². The number of para-hydroxylation sites is 1. The van der Waals surface area contributed by atoms with Crippen LogP contribution in [0.2, 0.25) is 0 Å². The number of phosphoric ester groups is 1. The topological polar surface area (TPSA) is 226 Å². The minimum absolute atomic E-state index is 0.0205. The lowest BCUT2D eigenvalue weighted by Crippen LogP contribution is -2.29. The van der Waals surface area contributed by atoms with Crippen molar-refractivity contribution in [1.29, 1.82) is 0 Å². The first-order valence-corrected chi connectivity index (χ1v) is 11.6. The predicted octanol–water partition coefficient (Wildman–Crippen LogP) is -0.497. The number of aromatic nitrogens is 2. The molecule has 1 fully saturated rings. The van der Waals surface area contributed by atoms with Crippen LogP contribution in [-0.4, -0.2) is 62.4 Å². The Morgan fingerprint density at radius 2 is 2.15 bits per heavy atom. The molecule has 1 saturated heterocycles. The molecule has 34 heavy (non-hydrogen) atoms. The third-order valence-corrected chi connectivity index (χ3v) is 5.42. The molecule has 15 nitrogen and oxygen atoms in total. The maximum absolute atomic E-state index is 12.6. The summed E-state index contributed by atoms with van der Waals surface area (Å²) in [7, 11) is -4.74. The van der Waals surface area contributed by atoms with Gasteiger partial charge >= 0.3 is 13.5 Å². The first-order chi connectivity index (χ1) is 16.1. The standard InChI is InChI=1S/C18H23N6O9P/c19-17(20)21-4-5-30-10-2-1-3-11-15(10)22-16-12(32-11)7-24(18(26)23-16)14-6-9(25)13(33-14)8-31-34(27,28)29/h1-3,7,9,13-14,25H,4-6,8H2,(H4,19,20,21)(H,22,23,26)(H2,27,28,29). The van der Waals surface area contributed by atoms with Crippen LogP contribution in [0.15, 0.2) is 34.2 Å². The van der Waals surface area contributed by atoms with Crippen LogP contribution in [0.4, 0.5) is 11.5 Å². The largest absolute Gasteiger partial charge is 0.489 e. The van der Waals surface area contributed by atoms with E-state index in [4.69, 9.17) is 35.5 Å². The number of aliphatic hydroxyl groups excluding tert-OH is 1. The summed E-state index contributed by atoms with van der Waals surface area (Å²) in [6, 6.07) is 5.10. The summed E-state index contributed by atoms with van der Waals surface area (Å²) in [4.78, 5) is 38.2. The fraction of sp³-hybridized carbons (Fsp3) is 0.389. The molecule has 0 aliphatic carbocycles. The Morgan fingerprint density at radius 1 is 1.35 bits per heavy atom. The van der Waals surface area contributed by atoms with Gasteiger partial charge in [0.1, 0.15) is 30.4 Å². The van der Waals surface area contributed by atoms with Crippen molar-refractivity contribution in [1.82, 2.24) is 9.55 Å². The summed E-state index contributed by atoms with van der Waals surface area (Å²) in [5.41, 5.74) is 10.4. The zero-order valence-electron chi connectivity index (χ0n) is 17.6. The number of aliphatic imine (C=N–C) groups is 1. The van der Waals surface area contributed by atoms with E-state index in [1.165, 1.54) is 6.20 Å². The minimum atomic E-state index is -4.74. The Labute approximate surface area is 192 Å². The van der Waals surface area contributed by atoms with Crippen molar-refractivity contribution in [2.24, 2.45) is 16.5 Å². The van der Waals surface area contributed by atoms with Crippen LogP contribution >= 0.6 is 7.82 Å². The molecule has 1 aromatic heterocycles. The Hall–Kier alpha value is -3.20. The highest BCUT2D eigenvalue weighted by molar-refractivity contribution is 7.46. The average Bonchev–Trinajstić information content (AvgIpc) is 3.13. The molecule has 184 valence electrons. The molecule has 3 atom stereocenters. The van der Waals surface area contributed by atoms with Gasteiger partial charge in [0.2, 0.25) is 0 Å². The van der Waals surface area contributed by atoms with Crippen LogP contribution in [-0.2, 0) is 13.8 Å². The first-order valence-electron chi connectivity index (χ1n) is 10.0. The fourth-order valence-corrected chi connectivity index (χ4v) is 3.78. The summed E-state index contributed by atoms with van der Waals surface area (Å²) in [5.74, 6) is 1.18. The van der Waals surface area contributed by atoms with Gasteiger partial charge in [0.25, 0.3) is 0 Å². The third kappa shape index (κ3) is 5.47. The van der Waals surface area contributed by atoms with Crippen molar-refractivity contribution in [3.63, 3.8) is 0 Å². The molecular weight excluding hydrogens is 475 g/mol. The quantitative estimate of drug-likeness (QED) is 0.0998. The second-order valence-electron chi connectivity index (χ2n) is 7.37. The number of rotatable bonds is 8. The van der Waals surface area contributed by atoms with Crippen LogP contribution in [0, 0.1) is 0 Å². The van der Waals surface area contributed by atoms with Gasteiger partial charge < -0.3 is 45.9 Å². The third-order valence-electron chi connectivity index (χ3n) is 4.93. The van der Waals surface area contributed by atoms with E-state index in [0.29, 0.717) is 17.2 Å². The molecule has 0 spiro atoms. The lowest BCUT2D eigenvalue weighted by Gasteiger charge is -2.24. The molecule has 0 radical (unpaired) electrons. The van der Waals surface area contributed by atoms with Crippen LogP contribution < -0.4 is 31.9 Å². The number of anilines is 2. The summed E-state index contributed by atoms with van der Waals surface area (Å²) < 4.78 is 33.6. The van der Waals surface area contributed by atoms with Gasteiger partial charge in [0, 0.05) is 6.42 Å². The van der Waals surface area contributed by atoms with Crippen molar-refractivity contribution in [2.45, 2.75) is 24.9 Å². The van der Waals surface area contributed by atoms with Gasteiger partial charge in [-0.15, -0.1) is 0 Å². The first kappa shape index (κ1) is 23.9. The number of benzene rings is 1. The Balaban J connectivity index is 1.50. The lowest BCUT2D eigenvalue weighted by atomic mass is 10.2. The summed E-state index contributed by atoms with van der Waals surface area (Å²) in [6.45, 7) is -0.0988. The van der Waals surface area contributed by atoms with Crippen LogP contribution in [0.3, 0.4) is 0 Å². The SMILES string of the molecule is NC(N)=NCCOc1cccc2c1Nc1nc(=O)n(C3CC(O)C(COP(=O)(O)O)O3)cc1O2. The van der Waals surface area contributed by atoms with Crippen molar-refractivity contribution < 1.29 is 38.2 Å². The van der Waals surface area contributed by atoms with E-state index in [1.807, 2.05) is 0 Å². The van der Waals surface area contributed by atoms with Gasteiger partial charge in [-0.25, -0.2) is 9.36 Å². The minimum Gasteiger partial charge on any atom is -0.489 e. The van der Waals surface area contributed by atoms with Gasteiger partial charge in [-0.2, -0.15) is 4.98 Å². The number of phosphoric acid groups is 1. The van der Waals surface area contributed by atoms with Gasteiger partial charge in [-0.05, 0) is 12.1 Å². The van der Waals surface area contributed by atoms with E-state index < -0.39 is 38.6 Å². The van der Waals surface area contributed by atoms with E-state index in [-0.39, 0.29) is 37.1 Å². The molecule has 0 saturated carbocycles. The van der Waals surface area contributed by atoms with E-state index in [0.717, 1.165) is 4.57 Å². The number of fused-ring (bicyclic) bond motifs is 2. The van der Waals surface area contributed by atoms with Crippen LogP contribution in [0.1, 0.15) is 12.6 Å². The average molecular weight is 498 g/mol. The van der Waals surface area contributed by atoms with Crippen molar-refractivity contribution in [3.8, 4) is 17.2 Å². The number of nitrogens with one attached hydrogen (secondary N) is 1. The Morgan fingerprint density at radius 3 is 2.88 bits per heavy atom.